The molecule has 5 rings (SSSR count). The van der Waals surface area contributed by atoms with Gasteiger partial charge in [-0.1, -0.05) is 84.9 Å². The molecule has 0 unspecified atom stereocenters. The second-order valence-electron chi connectivity index (χ2n) is 11.9. The van der Waals surface area contributed by atoms with Gasteiger partial charge >= 0.3 is 0 Å². The number of ether oxygens (including phenoxy) is 1. The monoisotopic (exact) mass is 707 g/mol. The van der Waals surface area contributed by atoms with E-state index in [4.69, 9.17) is 27.9 Å². The number of rotatable bonds is 13. The van der Waals surface area contributed by atoms with Crippen molar-refractivity contribution >= 4 is 50.7 Å². The second-order valence-corrected chi connectivity index (χ2v) is 14.6. The summed E-state index contributed by atoms with van der Waals surface area (Å²) in [5, 5.41) is 3.79. The summed E-state index contributed by atoms with van der Waals surface area (Å²) in [6.07, 6.45) is 4.16. The zero-order valence-corrected chi connectivity index (χ0v) is 29.3. The maximum Gasteiger partial charge on any atom is 0.264 e. The molecule has 1 aliphatic rings. The summed E-state index contributed by atoms with van der Waals surface area (Å²) in [6.45, 7) is 3.17. The van der Waals surface area contributed by atoms with Crippen LogP contribution in [0.5, 0.6) is 11.5 Å². The molecule has 0 aromatic heterocycles. The first-order chi connectivity index (χ1) is 23.0. The molecule has 1 aliphatic carbocycles. The van der Waals surface area contributed by atoms with Crippen molar-refractivity contribution in [2.24, 2.45) is 0 Å². The Hall–Kier alpha value is -4.05. The first kappa shape index (κ1) is 35.3. The highest BCUT2D eigenvalue weighted by molar-refractivity contribution is 7.92. The third kappa shape index (κ3) is 8.69. The molecule has 4 aromatic carbocycles. The van der Waals surface area contributed by atoms with Gasteiger partial charge in [0.25, 0.3) is 10.0 Å². The predicted molar refractivity (Wildman–Crippen MR) is 190 cm³/mol. The third-order valence-electron chi connectivity index (χ3n) is 8.42. The Morgan fingerprint density at radius 3 is 2.15 bits per heavy atom. The van der Waals surface area contributed by atoms with Gasteiger partial charge in [0.2, 0.25) is 11.8 Å². The SMILES string of the molecule is CC[C@@H](C(=O)NC1CCCC1)N(Cc1ccc(Cl)c(Cl)c1)C(=O)CN(c1ccc(Oc2ccccc2)cc1)S(=O)(=O)c1ccc(C)cc1. The maximum atomic E-state index is 14.4. The van der Waals surface area contributed by atoms with Gasteiger partial charge in [0.15, 0.2) is 0 Å². The fraction of sp³-hybridized carbons (Fsp3) is 0.297. The maximum absolute atomic E-state index is 14.4. The van der Waals surface area contributed by atoms with E-state index in [1.54, 1.807) is 54.6 Å². The van der Waals surface area contributed by atoms with Crippen LogP contribution >= 0.6 is 23.2 Å². The molecule has 0 bridgehead atoms. The molecule has 1 saturated carbocycles. The number of carbonyl (C=O) groups excluding carboxylic acids is 2. The Morgan fingerprint density at radius 1 is 0.875 bits per heavy atom. The first-order valence-electron chi connectivity index (χ1n) is 16.0. The van der Waals surface area contributed by atoms with E-state index in [-0.39, 0.29) is 29.1 Å². The molecular weight excluding hydrogens is 669 g/mol. The summed E-state index contributed by atoms with van der Waals surface area (Å²) in [5.41, 5.74) is 1.81. The van der Waals surface area contributed by atoms with Crippen LogP contribution in [0.1, 0.15) is 50.2 Å². The molecule has 48 heavy (non-hydrogen) atoms. The van der Waals surface area contributed by atoms with E-state index >= 15 is 0 Å². The quantitative estimate of drug-likeness (QED) is 0.151. The molecule has 0 heterocycles. The number of anilines is 1. The number of para-hydroxylation sites is 1. The predicted octanol–water partition coefficient (Wildman–Crippen LogP) is 8.16. The van der Waals surface area contributed by atoms with Crippen molar-refractivity contribution in [3.05, 3.63) is 118 Å². The molecule has 1 N–H and O–H groups in total. The van der Waals surface area contributed by atoms with Gasteiger partial charge in [0.05, 0.1) is 20.6 Å². The highest BCUT2D eigenvalue weighted by atomic mass is 35.5. The van der Waals surface area contributed by atoms with E-state index in [1.165, 1.54) is 17.0 Å². The summed E-state index contributed by atoms with van der Waals surface area (Å²) in [6, 6.07) is 26.4. The zero-order chi connectivity index (χ0) is 34.3. The number of hydrogen-bond donors (Lipinski definition) is 1. The number of halogens is 2. The Morgan fingerprint density at radius 2 is 1.52 bits per heavy atom. The average Bonchev–Trinajstić information content (AvgIpc) is 3.59. The molecule has 0 saturated heterocycles. The van der Waals surface area contributed by atoms with E-state index in [2.05, 4.69) is 5.32 Å². The molecular formula is C37H39Cl2N3O5S. The Labute approximate surface area is 292 Å². The summed E-state index contributed by atoms with van der Waals surface area (Å²) >= 11 is 12.5. The lowest BCUT2D eigenvalue weighted by Crippen LogP contribution is -2.53. The summed E-state index contributed by atoms with van der Waals surface area (Å²) in [7, 11) is -4.22. The van der Waals surface area contributed by atoms with E-state index in [0.29, 0.717) is 33.5 Å². The minimum absolute atomic E-state index is 0.0224. The molecule has 252 valence electrons. The molecule has 1 fully saturated rings. The Balaban J connectivity index is 1.50. The van der Waals surface area contributed by atoms with Crippen LogP contribution in [0, 0.1) is 6.92 Å². The van der Waals surface area contributed by atoms with Gasteiger partial charge in [-0.25, -0.2) is 8.42 Å². The van der Waals surface area contributed by atoms with Crippen LogP contribution in [-0.4, -0.2) is 43.8 Å². The van der Waals surface area contributed by atoms with Crippen molar-refractivity contribution in [1.82, 2.24) is 10.2 Å². The highest BCUT2D eigenvalue weighted by Crippen LogP contribution is 2.30. The number of amides is 2. The molecule has 4 aromatic rings. The van der Waals surface area contributed by atoms with Crippen LogP contribution in [-0.2, 0) is 26.2 Å². The van der Waals surface area contributed by atoms with E-state index in [1.807, 2.05) is 44.2 Å². The molecule has 0 radical (unpaired) electrons. The third-order valence-corrected chi connectivity index (χ3v) is 10.9. The number of nitrogens with one attached hydrogen (secondary N) is 1. The molecule has 0 aliphatic heterocycles. The lowest BCUT2D eigenvalue weighted by molar-refractivity contribution is -0.140. The van der Waals surface area contributed by atoms with Crippen molar-refractivity contribution in [2.75, 3.05) is 10.8 Å². The van der Waals surface area contributed by atoms with Crippen LogP contribution in [0.25, 0.3) is 0 Å². The molecule has 2 amide bonds. The van der Waals surface area contributed by atoms with E-state index < -0.39 is 28.5 Å². The molecule has 0 spiro atoms. The van der Waals surface area contributed by atoms with Gasteiger partial charge in [-0.3, -0.25) is 13.9 Å². The van der Waals surface area contributed by atoms with Crippen LogP contribution in [0.3, 0.4) is 0 Å². The number of nitrogens with zero attached hydrogens (tertiary/aromatic N) is 2. The zero-order valence-electron chi connectivity index (χ0n) is 26.9. The van der Waals surface area contributed by atoms with Gasteiger partial charge in [0.1, 0.15) is 24.1 Å². The van der Waals surface area contributed by atoms with Gasteiger partial charge in [-0.2, -0.15) is 0 Å². The fourth-order valence-electron chi connectivity index (χ4n) is 5.79. The van der Waals surface area contributed by atoms with Crippen LogP contribution < -0.4 is 14.4 Å². The Bertz CT molecular complexity index is 1810. The topological polar surface area (TPSA) is 96.0 Å². The highest BCUT2D eigenvalue weighted by Gasteiger charge is 2.34. The first-order valence-corrected chi connectivity index (χ1v) is 18.2. The van der Waals surface area contributed by atoms with E-state index in [0.717, 1.165) is 35.6 Å². The minimum atomic E-state index is -4.22. The number of benzene rings is 4. The van der Waals surface area contributed by atoms with Gasteiger partial charge in [0, 0.05) is 12.6 Å². The van der Waals surface area contributed by atoms with Crippen molar-refractivity contribution in [3.8, 4) is 11.5 Å². The molecule has 8 nitrogen and oxygen atoms in total. The van der Waals surface area contributed by atoms with Gasteiger partial charge in [-0.15, -0.1) is 0 Å². The average molecular weight is 709 g/mol. The Kier molecular flexibility index (Phi) is 11.7. The lowest BCUT2D eigenvalue weighted by atomic mass is 10.1. The smallest absolute Gasteiger partial charge is 0.264 e. The summed E-state index contributed by atoms with van der Waals surface area (Å²) in [4.78, 5) is 29.6. The number of hydrogen-bond acceptors (Lipinski definition) is 5. The standard InChI is InChI=1S/C37H39Cl2N3O5S/c1-3-35(37(44)40-28-9-7-8-10-28)41(24-27-15-22-33(38)34(39)23-27)36(43)25-42(48(45,46)32-20-13-26(2)14-21-32)29-16-18-31(19-17-29)47-30-11-5-4-6-12-30/h4-6,11-23,28,35H,3,7-10,24-25H2,1-2H3,(H,40,44)/t35-/m0/s1. The largest absolute Gasteiger partial charge is 0.457 e. The van der Waals surface area contributed by atoms with Crippen molar-refractivity contribution in [1.29, 1.82) is 0 Å². The van der Waals surface area contributed by atoms with Crippen molar-refractivity contribution in [2.45, 2.75) is 69.5 Å². The fourth-order valence-corrected chi connectivity index (χ4v) is 7.53. The minimum Gasteiger partial charge on any atom is -0.457 e. The van der Waals surface area contributed by atoms with Crippen LogP contribution in [0.2, 0.25) is 10.0 Å². The second kappa shape index (κ2) is 15.9. The number of sulfonamides is 1. The van der Waals surface area contributed by atoms with Gasteiger partial charge in [-0.05, 0) is 92.4 Å². The molecule has 11 heteroatoms. The van der Waals surface area contributed by atoms with Gasteiger partial charge < -0.3 is 15.0 Å². The number of carbonyl (C=O) groups is 2. The van der Waals surface area contributed by atoms with Crippen LogP contribution in [0.4, 0.5) is 5.69 Å². The van der Waals surface area contributed by atoms with Crippen LogP contribution in [0.15, 0.2) is 102 Å². The molecule has 1 atom stereocenters. The van der Waals surface area contributed by atoms with Crippen molar-refractivity contribution in [3.63, 3.8) is 0 Å². The van der Waals surface area contributed by atoms with E-state index in [9.17, 15) is 18.0 Å². The number of aryl methyl sites for hydroxylation is 1. The lowest BCUT2D eigenvalue weighted by Gasteiger charge is -2.34. The summed E-state index contributed by atoms with van der Waals surface area (Å²) in [5.74, 6) is 0.312. The normalized spacial score (nSPS) is 13.9. The van der Waals surface area contributed by atoms with Crippen molar-refractivity contribution < 1.29 is 22.7 Å². The summed E-state index contributed by atoms with van der Waals surface area (Å²) < 4.78 is 35.5.